The number of carbonyl (C=O) groups is 1. The van der Waals surface area contributed by atoms with E-state index in [2.05, 4.69) is 46.3 Å². The standard InChI is InChI=1S/C23H28BrN3O2/c1-8-29-22(28)23(6,7)16-9-11-17(12-10-16)27-19-14(4)18(24)15(5)25-20(19)26-21(27)13(2)3/h9-13H,8H2,1-7H3. The van der Waals surface area contributed by atoms with Crippen LogP contribution in [0, 0.1) is 13.8 Å². The number of aromatic nitrogens is 3. The van der Waals surface area contributed by atoms with Crippen LogP contribution < -0.4 is 0 Å². The largest absolute Gasteiger partial charge is 0.465 e. The van der Waals surface area contributed by atoms with Crippen LogP contribution in [0.4, 0.5) is 0 Å². The summed E-state index contributed by atoms with van der Waals surface area (Å²) in [6, 6.07) is 8.06. The summed E-state index contributed by atoms with van der Waals surface area (Å²) in [5, 5.41) is 0. The number of aryl methyl sites for hydroxylation is 2. The molecule has 0 unspecified atom stereocenters. The number of hydrogen-bond donors (Lipinski definition) is 0. The first kappa shape index (κ1) is 21.5. The van der Waals surface area contributed by atoms with Crippen LogP contribution in [0.25, 0.3) is 16.9 Å². The molecule has 0 spiro atoms. The van der Waals surface area contributed by atoms with Crippen LogP contribution in [0.5, 0.6) is 0 Å². The third-order valence-electron chi connectivity index (χ3n) is 5.31. The number of hydrogen-bond acceptors (Lipinski definition) is 4. The number of nitrogens with zero attached hydrogens (tertiary/aromatic N) is 3. The molecule has 6 heteroatoms. The minimum Gasteiger partial charge on any atom is -0.465 e. The summed E-state index contributed by atoms with van der Waals surface area (Å²) >= 11 is 3.67. The monoisotopic (exact) mass is 457 g/mol. The zero-order valence-corrected chi connectivity index (χ0v) is 19.7. The topological polar surface area (TPSA) is 57.0 Å². The van der Waals surface area contributed by atoms with Crippen molar-refractivity contribution in [2.75, 3.05) is 6.61 Å². The van der Waals surface area contributed by atoms with Crippen molar-refractivity contribution in [3.63, 3.8) is 0 Å². The minimum absolute atomic E-state index is 0.219. The van der Waals surface area contributed by atoms with Crippen LogP contribution in [-0.2, 0) is 14.9 Å². The first-order chi connectivity index (χ1) is 13.6. The molecule has 2 aromatic heterocycles. The number of carbonyl (C=O) groups excluding carboxylic acids is 1. The lowest BCUT2D eigenvalue weighted by atomic mass is 9.84. The van der Waals surface area contributed by atoms with Crippen molar-refractivity contribution in [2.24, 2.45) is 0 Å². The highest BCUT2D eigenvalue weighted by Gasteiger charge is 2.31. The van der Waals surface area contributed by atoms with Gasteiger partial charge in [-0.15, -0.1) is 0 Å². The molecule has 154 valence electrons. The Morgan fingerprint density at radius 3 is 2.34 bits per heavy atom. The average Bonchev–Trinajstić information content (AvgIpc) is 3.06. The second kappa shape index (κ2) is 7.90. The fraction of sp³-hybridized carbons (Fsp3) is 0.435. The Morgan fingerprint density at radius 2 is 1.79 bits per heavy atom. The molecule has 3 rings (SSSR count). The fourth-order valence-corrected chi connectivity index (χ4v) is 3.80. The number of benzene rings is 1. The second-order valence-electron chi connectivity index (χ2n) is 8.16. The summed E-state index contributed by atoms with van der Waals surface area (Å²) < 4.78 is 8.42. The first-order valence-electron chi connectivity index (χ1n) is 9.92. The van der Waals surface area contributed by atoms with Gasteiger partial charge < -0.3 is 4.74 Å². The van der Waals surface area contributed by atoms with E-state index < -0.39 is 5.41 Å². The molecule has 0 saturated heterocycles. The zero-order chi connectivity index (χ0) is 21.5. The highest BCUT2D eigenvalue weighted by Crippen LogP contribution is 2.33. The molecule has 0 N–H and O–H groups in total. The van der Waals surface area contributed by atoms with Crippen molar-refractivity contribution < 1.29 is 9.53 Å². The maximum atomic E-state index is 12.4. The van der Waals surface area contributed by atoms with E-state index in [9.17, 15) is 4.79 Å². The number of pyridine rings is 1. The van der Waals surface area contributed by atoms with E-state index in [1.54, 1.807) is 0 Å². The van der Waals surface area contributed by atoms with Gasteiger partial charge in [0, 0.05) is 16.1 Å². The van der Waals surface area contributed by atoms with E-state index in [1.165, 1.54) is 0 Å². The van der Waals surface area contributed by atoms with Crippen molar-refractivity contribution in [1.29, 1.82) is 0 Å². The lowest BCUT2D eigenvalue weighted by Crippen LogP contribution is -2.31. The molecule has 0 aliphatic heterocycles. The van der Waals surface area contributed by atoms with Gasteiger partial charge in [-0.3, -0.25) is 9.36 Å². The van der Waals surface area contributed by atoms with Gasteiger partial charge >= 0.3 is 5.97 Å². The Bertz CT molecular complexity index is 1070. The number of halogens is 1. The van der Waals surface area contributed by atoms with Crippen molar-refractivity contribution in [1.82, 2.24) is 14.5 Å². The molecule has 0 aliphatic carbocycles. The summed E-state index contributed by atoms with van der Waals surface area (Å²) in [6.45, 7) is 14.3. The van der Waals surface area contributed by atoms with Crippen LogP contribution in [0.15, 0.2) is 28.7 Å². The molecular formula is C23H28BrN3O2. The predicted octanol–water partition coefficient (Wildman–Crippen LogP) is 5.76. The maximum Gasteiger partial charge on any atom is 0.315 e. The molecule has 1 aromatic carbocycles. The predicted molar refractivity (Wildman–Crippen MR) is 120 cm³/mol. The van der Waals surface area contributed by atoms with E-state index in [4.69, 9.17) is 9.72 Å². The van der Waals surface area contributed by atoms with Crippen LogP contribution >= 0.6 is 15.9 Å². The maximum absolute atomic E-state index is 12.4. The van der Waals surface area contributed by atoms with E-state index in [0.717, 1.165) is 44.0 Å². The van der Waals surface area contributed by atoms with Gasteiger partial charge in [-0.25, -0.2) is 9.97 Å². The lowest BCUT2D eigenvalue weighted by Gasteiger charge is -2.23. The third-order valence-corrected chi connectivity index (χ3v) is 6.48. The molecule has 0 radical (unpaired) electrons. The Morgan fingerprint density at radius 1 is 1.17 bits per heavy atom. The highest BCUT2D eigenvalue weighted by atomic mass is 79.9. The number of rotatable bonds is 5. The summed E-state index contributed by atoms with van der Waals surface area (Å²) in [5.41, 5.74) is 5.02. The normalized spacial score (nSPS) is 12.0. The van der Waals surface area contributed by atoms with Gasteiger partial charge in [0.25, 0.3) is 0 Å². The molecule has 3 aromatic rings. The smallest absolute Gasteiger partial charge is 0.315 e. The Labute approximate surface area is 180 Å². The Kier molecular flexibility index (Phi) is 5.86. The first-order valence-corrected chi connectivity index (χ1v) is 10.7. The molecule has 0 bridgehead atoms. The molecule has 29 heavy (non-hydrogen) atoms. The summed E-state index contributed by atoms with van der Waals surface area (Å²) in [5.74, 6) is 0.979. The number of ether oxygens (including phenoxy) is 1. The van der Waals surface area contributed by atoms with Crippen LogP contribution in [-0.4, -0.2) is 27.1 Å². The molecule has 0 fully saturated rings. The molecular weight excluding hydrogens is 430 g/mol. The van der Waals surface area contributed by atoms with Gasteiger partial charge in [0.1, 0.15) is 5.82 Å². The van der Waals surface area contributed by atoms with E-state index in [0.29, 0.717) is 6.61 Å². The van der Waals surface area contributed by atoms with Gasteiger partial charge in [-0.2, -0.15) is 0 Å². The van der Waals surface area contributed by atoms with Gasteiger partial charge in [-0.1, -0.05) is 26.0 Å². The van der Waals surface area contributed by atoms with Crippen LogP contribution in [0.1, 0.15) is 63.2 Å². The van der Waals surface area contributed by atoms with Crippen molar-refractivity contribution in [3.8, 4) is 5.69 Å². The molecule has 5 nitrogen and oxygen atoms in total. The molecule has 0 amide bonds. The van der Waals surface area contributed by atoms with E-state index in [1.807, 2.05) is 52.0 Å². The average molecular weight is 458 g/mol. The summed E-state index contributed by atoms with van der Waals surface area (Å²) in [7, 11) is 0. The molecule has 0 saturated carbocycles. The van der Waals surface area contributed by atoms with Crippen molar-refractivity contribution >= 4 is 33.1 Å². The van der Waals surface area contributed by atoms with E-state index in [-0.39, 0.29) is 11.9 Å². The van der Waals surface area contributed by atoms with Crippen molar-refractivity contribution in [2.45, 2.75) is 59.8 Å². The second-order valence-corrected chi connectivity index (χ2v) is 8.95. The van der Waals surface area contributed by atoms with Gasteiger partial charge in [0.05, 0.1) is 23.2 Å². The van der Waals surface area contributed by atoms with Gasteiger partial charge in [0.2, 0.25) is 0 Å². The Balaban J connectivity index is 2.17. The van der Waals surface area contributed by atoms with Crippen LogP contribution in [0.3, 0.4) is 0 Å². The fourth-order valence-electron chi connectivity index (χ4n) is 3.53. The highest BCUT2D eigenvalue weighted by molar-refractivity contribution is 9.10. The summed E-state index contributed by atoms with van der Waals surface area (Å²) in [6.07, 6.45) is 0. The zero-order valence-electron chi connectivity index (χ0n) is 18.1. The van der Waals surface area contributed by atoms with Gasteiger partial charge in [-0.05, 0) is 73.8 Å². The van der Waals surface area contributed by atoms with Crippen LogP contribution in [0.2, 0.25) is 0 Å². The quantitative estimate of drug-likeness (QED) is 0.456. The molecule has 2 heterocycles. The molecule has 0 aliphatic rings. The molecule has 0 atom stereocenters. The lowest BCUT2D eigenvalue weighted by molar-refractivity contribution is -0.148. The number of imidazole rings is 1. The third kappa shape index (κ3) is 3.70. The minimum atomic E-state index is -0.704. The SMILES string of the molecule is CCOC(=O)C(C)(C)c1ccc(-n2c(C(C)C)nc3nc(C)c(Br)c(C)c32)cc1. The van der Waals surface area contributed by atoms with E-state index >= 15 is 0 Å². The Hall–Kier alpha value is -2.21. The van der Waals surface area contributed by atoms with Gasteiger partial charge in [0.15, 0.2) is 5.65 Å². The number of fused-ring (bicyclic) bond motifs is 1. The van der Waals surface area contributed by atoms with Crippen molar-refractivity contribution in [3.05, 3.63) is 51.4 Å². The number of esters is 1. The summed E-state index contributed by atoms with van der Waals surface area (Å²) in [4.78, 5) is 21.9.